The summed E-state index contributed by atoms with van der Waals surface area (Å²) in [5.41, 5.74) is 0.588. The van der Waals surface area contributed by atoms with Crippen molar-refractivity contribution in [2.75, 3.05) is 11.9 Å². The van der Waals surface area contributed by atoms with Gasteiger partial charge in [0.1, 0.15) is 11.5 Å². The minimum absolute atomic E-state index is 0.128. The highest BCUT2D eigenvalue weighted by Crippen LogP contribution is 2.42. The van der Waals surface area contributed by atoms with Gasteiger partial charge in [0, 0.05) is 7.05 Å². The van der Waals surface area contributed by atoms with E-state index in [1.807, 2.05) is 18.2 Å². The number of carbonyl (C=O) groups is 2. The Bertz CT molecular complexity index is 1240. The summed E-state index contributed by atoms with van der Waals surface area (Å²) in [6.07, 6.45) is 2.72. The van der Waals surface area contributed by atoms with Gasteiger partial charge < -0.3 is 10.1 Å². The molecule has 0 atom stereocenters. The van der Waals surface area contributed by atoms with E-state index in [0.29, 0.717) is 29.8 Å². The van der Waals surface area contributed by atoms with Crippen LogP contribution >= 0.6 is 0 Å². The summed E-state index contributed by atoms with van der Waals surface area (Å²) in [5.74, 6) is -1.58. The third-order valence-corrected chi connectivity index (χ3v) is 6.38. The van der Waals surface area contributed by atoms with E-state index in [0.717, 1.165) is 12.8 Å². The zero-order chi connectivity index (χ0) is 23.6. The van der Waals surface area contributed by atoms with Crippen molar-refractivity contribution in [3.63, 3.8) is 0 Å². The molecule has 0 radical (unpaired) electrons. The molecule has 1 aliphatic rings. The van der Waals surface area contributed by atoms with E-state index < -0.39 is 29.7 Å². The first-order valence-electron chi connectivity index (χ1n) is 10.9. The fraction of sp³-hybridized carbons (Fsp3) is 0.320. The summed E-state index contributed by atoms with van der Waals surface area (Å²) in [6, 6.07) is 15.0. The number of anilines is 1. The van der Waals surface area contributed by atoms with Crippen LogP contribution in [0.2, 0.25) is 0 Å². The molecule has 0 aliphatic heterocycles. The monoisotopic (exact) mass is 451 g/mol. The smallest absolute Gasteiger partial charge is 0.317 e. The Morgan fingerprint density at radius 3 is 2.45 bits per heavy atom. The van der Waals surface area contributed by atoms with Crippen LogP contribution in [-0.4, -0.2) is 27.8 Å². The van der Waals surface area contributed by atoms with Gasteiger partial charge in [-0.05, 0) is 49.6 Å². The first-order chi connectivity index (χ1) is 15.8. The summed E-state index contributed by atoms with van der Waals surface area (Å²) in [5, 5.41) is 2.59. The molecule has 0 bridgehead atoms. The lowest BCUT2D eigenvalue weighted by Crippen LogP contribution is -2.37. The number of halogens is 1. The van der Waals surface area contributed by atoms with Crippen LogP contribution < -0.4 is 10.9 Å². The molecule has 8 heteroatoms. The van der Waals surface area contributed by atoms with Gasteiger partial charge in [0.25, 0.3) is 11.5 Å². The SMILES string of the molecule is Cc1c(NC(=O)COC(=O)C2(c3cccc(F)c3)CCCC2)c(=O)n(-c2ccccc2)n1C. The molecule has 0 saturated heterocycles. The van der Waals surface area contributed by atoms with Gasteiger partial charge in [-0.2, -0.15) is 0 Å². The second kappa shape index (κ2) is 9.05. The predicted molar refractivity (Wildman–Crippen MR) is 122 cm³/mol. The first-order valence-corrected chi connectivity index (χ1v) is 10.9. The number of ether oxygens (including phenoxy) is 1. The Kier molecular flexibility index (Phi) is 6.18. The van der Waals surface area contributed by atoms with Crippen LogP contribution in [0.1, 0.15) is 36.9 Å². The van der Waals surface area contributed by atoms with E-state index in [4.69, 9.17) is 4.74 Å². The second-order valence-electron chi connectivity index (χ2n) is 8.36. The standard InChI is InChI=1S/C25H26FN3O4/c1-17-22(23(31)29(28(17)2)20-11-4-3-5-12-20)27-21(30)16-33-24(32)25(13-6-7-14-25)18-9-8-10-19(26)15-18/h3-5,8-12,15H,6-7,13-14,16H2,1-2H3,(H,27,30). The minimum Gasteiger partial charge on any atom is -0.455 e. The molecular weight excluding hydrogens is 425 g/mol. The van der Waals surface area contributed by atoms with Crippen molar-refractivity contribution >= 4 is 17.6 Å². The zero-order valence-corrected chi connectivity index (χ0v) is 18.6. The number of esters is 1. The Morgan fingerprint density at radius 1 is 1.09 bits per heavy atom. The summed E-state index contributed by atoms with van der Waals surface area (Å²) in [6.45, 7) is 1.19. The molecule has 4 rings (SSSR count). The van der Waals surface area contributed by atoms with Crippen molar-refractivity contribution in [3.8, 4) is 5.69 Å². The summed E-state index contributed by atoms with van der Waals surface area (Å²) < 4.78 is 22.3. The Labute approximate surface area is 190 Å². The quantitative estimate of drug-likeness (QED) is 0.581. The number of rotatable bonds is 6. The van der Waals surface area contributed by atoms with E-state index in [1.54, 1.807) is 42.9 Å². The lowest BCUT2D eigenvalue weighted by Gasteiger charge is -2.27. The number of nitrogens with zero attached hydrogens (tertiary/aromatic N) is 2. The van der Waals surface area contributed by atoms with Crippen molar-refractivity contribution in [1.29, 1.82) is 0 Å². The van der Waals surface area contributed by atoms with Gasteiger partial charge in [0.15, 0.2) is 6.61 Å². The van der Waals surface area contributed by atoms with Crippen LogP contribution in [0.15, 0.2) is 59.4 Å². The van der Waals surface area contributed by atoms with Crippen molar-refractivity contribution < 1.29 is 18.7 Å². The van der Waals surface area contributed by atoms with Crippen LogP contribution in [0.4, 0.5) is 10.1 Å². The molecule has 1 amide bonds. The number of hydrogen-bond donors (Lipinski definition) is 1. The fourth-order valence-corrected chi connectivity index (χ4v) is 4.53. The van der Waals surface area contributed by atoms with Crippen LogP contribution in [0.3, 0.4) is 0 Å². The topological polar surface area (TPSA) is 82.3 Å². The van der Waals surface area contributed by atoms with Gasteiger partial charge in [-0.3, -0.25) is 19.1 Å². The number of para-hydroxylation sites is 1. The van der Waals surface area contributed by atoms with Gasteiger partial charge in [-0.1, -0.05) is 43.2 Å². The van der Waals surface area contributed by atoms with Crippen LogP contribution in [0.5, 0.6) is 0 Å². The highest BCUT2D eigenvalue weighted by molar-refractivity contribution is 5.94. The van der Waals surface area contributed by atoms with Crippen LogP contribution in [-0.2, 0) is 26.8 Å². The molecule has 172 valence electrons. The molecule has 3 aromatic rings. The highest BCUT2D eigenvalue weighted by atomic mass is 19.1. The van der Waals surface area contributed by atoms with Crippen molar-refractivity contribution in [2.24, 2.45) is 7.05 Å². The van der Waals surface area contributed by atoms with E-state index in [-0.39, 0.29) is 11.2 Å². The molecule has 0 unspecified atom stereocenters. The van der Waals surface area contributed by atoms with Crippen molar-refractivity contribution in [2.45, 2.75) is 38.0 Å². The highest BCUT2D eigenvalue weighted by Gasteiger charge is 2.44. The molecule has 1 N–H and O–H groups in total. The van der Waals surface area contributed by atoms with E-state index in [2.05, 4.69) is 5.32 Å². The summed E-state index contributed by atoms with van der Waals surface area (Å²) in [7, 11) is 1.72. The third kappa shape index (κ3) is 4.20. The zero-order valence-electron chi connectivity index (χ0n) is 18.6. The maximum Gasteiger partial charge on any atom is 0.317 e. The molecule has 1 heterocycles. The normalized spacial score (nSPS) is 14.8. The van der Waals surface area contributed by atoms with E-state index >= 15 is 0 Å². The van der Waals surface area contributed by atoms with Crippen molar-refractivity contribution in [3.05, 3.63) is 82.0 Å². The van der Waals surface area contributed by atoms with E-state index in [9.17, 15) is 18.8 Å². The number of nitrogens with one attached hydrogen (secondary N) is 1. The Hall–Kier alpha value is -3.68. The van der Waals surface area contributed by atoms with Crippen molar-refractivity contribution in [1.82, 2.24) is 9.36 Å². The number of aromatic nitrogens is 2. The number of benzene rings is 2. The molecule has 0 spiro atoms. The Morgan fingerprint density at radius 2 is 1.79 bits per heavy atom. The average Bonchev–Trinajstić information content (AvgIpc) is 3.39. The van der Waals surface area contributed by atoms with E-state index in [1.165, 1.54) is 16.8 Å². The average molecular weight is 451 g/mol. The molecule has 1 aliphatic carbocycles. The number of carbonyl (C=O) groups excluding carboxylic acids is 2. The van der Waals surface area contributed by atoms with Gasteiger partial charge >= 0.3 is 5.97 Å². The predicted octanol–water partition coefficient (Wildman–Crippen LogP) is 3.62. The van der Waals surface area contributed by atoms with Gasteiger partial charge in [0.05, 0.1) is 16.8 Å². The van der Waals surface area contributed by atoms with Crippen LogP contribution in [0.25, 0.3) is 5.69 Å². The summed E-state index contributed by atoms with van der Waals surface area (Å²) in [4.78, 5) is 38.5. The number of hydrogen-bond acceptors (Lipinski definition) is 4. The molecular formula is C25H26FN3O4. The molecule has 7 nitrogen and oxygen atoms in total. The second-order valence-corrected chi connectivity index (χ2v) is 8.36. The lowest BCUT2D eigenvalue weighted by atomic mass is 9.79. The summed E-state index contributed by atoms with van der Waals surface area (Å²) >= 11 is 0. The number of amides is 1. The Balaban J connectivity index is 1.49. The minimum atomic E-state index is -0.953. The van der Waals surface area contributed by atoms with Gasteiger partial charge in [0.2, 0.25) is 0 Å². The third-order valence-electron chi connectivity index (χ3n) is 6.38. The maximum absolute atomic E-state index is 13.8. The lowest BCUT2D eigenvalue weighted by molar-refractivity contribution is -0.153. The largest absolute Gasteiger partial charge is 0.455 e. The molecule has 1 fully saturated rings. The first kappa shape index (κ1) is 22.5. The molecule has 33 heavy (non-hydrogen) atoms. The maximum atomic E-state index is 13.8. The van der Waals surface area contributed by atoms with Crippen LogP contribution in [0, 0.1) is 12.7 Å². The van der Waals surface area contributed by atoms with Gasteiger partial charge in [-0.25, -0.2) is 9.07 Å². The van der Waals surface area contributed by atoms with Gasteiger partial charge in [-0.15, -0.1) is 0 Å². The fourth-order valence-electron chi connectivity index (χ4n) is 4.53. The molecule has 2 aromatic carbocycles. The molecule has 1 aromatic heterocycles. The molecule has 1 saturated carbocycles.